The predicted molar refractivity (Wildman–Crippen MR) is 148 cm³/mol. The van der Waals surface area contributed by atoms with Crippen LogP contribution in [-0.4, -0.2) is 103 Å². The largest absolute Gasteiger partial charge is 0.493 e. The molecule has 40 heavy (non-hydrogen) atoms. The Kier molecular flexibility index (Phi) is 10.3. The second kappa shape index (κ2) is 13.8. The van der Waals surface area contributed by atoms with E-state index in [4.69, 9.17) is 18.6 Å². The first-order valence-electron chi connectivity index (χ1n) is 14.1. The number of aromatic nitrogens is 1. The highest BCUT2D eigenvalue weighted by Crippen LogP contribution is 2.47. The first-order chi connectivity index (χ1) is 19.3. The van der Waals surface area contributed by atoms with Crippen molar-refractivity contribution in [2.45, 2.75) is 51.0 Å². The smallest absolute Gasteiger partial charge is 0.308 e. The minimum atomic E-state index is -0.900. The van der Waals surface area contributed by atoms with Gasteiger partial charge >= 0.3 is 5.97 Å². The van der Waals surface area contributed by atoms with Crippen molar-refractivity contribution < 1.29 is 33.3 Å². The molecule has 0 bridgehead atoms. The molecule has 3 unspecified atom stereocenters. The standard InChI is InChI=1S/C29H42N4O7/c1-5-6-12-32(13-7-11-31(2)3)26(34)18-33-17-21(20-15-23(37-4)28-24(16-20)39-19-40-28)27(29(35)36)22(33)8-9-25-30-10-14-38-25/h10,14-16,21-22,27H,5-9,11-13,17-19H2,1-4H3,(H,35,36). The number of hydrogen-bond donors (Lipinski definition) is 1. The number of aryl methyl sites for hydroxylation is 1. The molecular weight excluding hydrogens is 516 g/mol. The third-order valence-corrected chi connectivity index (χ3v) is 7.79. The SMILES string of the molecule is CCCCN(CCCN(C)C)C(=O)CN1CC(c2cc(OC)c3c(c2)OCO3)C(C(=O)O)C1CCc1ncco1. The van der Waals surface area contributed by atoms with Crippen molar-refractivity contribution in [1.82, 2.24) is 19.7 Å². The number of oxazole rings is 1. The fraction of sp³-hybridized carbons (Fsp3) is 0.621. The summed E-state index contributed by atoms with van der Waals surface area (Å²) in [5, 5.41) is 10.5. The minimum absolute atomic E-state index is 0.0291. The lowest BCUT2D eigenvalue weighted by atomic mass is 9.83. The van der Waals surface area contributed by atoms with Crippen LogP contribution in [0, 0.1) is 5.92 Å². The molecule has 1 saturated heterocycles. The van der Waals surface area contributed by atoms with Crippen molar-refractivity contribution in [1.29, 1.82) is 0 Å². The number of hydrogen-bond acceptors (Lipinski definition) is 9. The summed E-state index contributed by atoms with van der Waals surface area (Å²) in [4.78, 5) is 36.8. The van der Waals surface area contributed by atoms with Gasteiger partial charge in [-0.1, -0.05) is 13.3 Å². The molecule has 11 nitrogen and oxygen atoms in total. The summed E-state index contributed by atoms with van der Waals surface area (Å²) in [5.41, 5.74) is 0.790. The van der Waals surface area contributed by atoms with Gasteiger partial charge in [-0.3, -0.25) is 14.5 Å². The zero-order valence-corrected chi connectivity index (χ0v) is 24.0. The average molecular weight is 559 g/mol. The van der Waals surface area contributed by atoms with E-state index in [0.717, 1.165) is 31.4 Å². The fourth-order valence-electron chi connectivity index (χ4n) is 5.76. The Morgan fingerprint density at radius 2 is 1.98 bits per heavy atom. The number of aliphatic carboxylic acids is 1. The highest BCUT2D eigenvalue weighted by molar-refractivity contribution is 5.79. The van der Waals surface area contributed by atoms with E-state index >= 15 is 0 Å². The first kappa shape index (κ1) is 29.7. The molecule has 0 saturated carbocycles. The Bertz CT molecular complexity index is 1120. The number of carboxylic acids is 1. The molecule has 0 radical (unpaired) electrons. The lowest BCUT2D eigenvalue weighted by Crippen LogP contribution is -2.45. The average Bonchev–Trinajstić information content (AvgIpc) is 3.68. The number of carbonyl (C=O) groups is 2. The normalized spacial score (nSPS) is 20.3. The van der Waals surface area contributed by atoms with Crippen molar-refractivity contribution in [3.8, 4) is 17.2 Å². The van der Waals surface area contributed by atoms with Gasteiger partial charge in [0.05, 0.1) is 25.8 Å². The van der Waals surface area contributed by atoms with Crippen LogP contribution in [0.15, 0.2) is 29.0 Å². The molecule has 2 aliphatic heterocycles. The van der Waals surface area contributed by atoms with Crippen molar-refractivity contribution in [2.24, 2.45) is 5.92 Å². The lowest BCUT2D eigenvalue weighted by molar-refractivity contribution is -0.143. The molecule has 11 heteroatoms. The number of rotatable bonds is 15. The summed E-state index contributed by atoms with van der Waals surface area (Å²) in [7, 11) is 5.60. The Morgan fingerprint density at radius 1 is 1.18 bits per heavy atom. The zero-order chi connectivity index (χ0) is 28.6. The maximum Gasteiger partial charge on any atom is 0.308 e. The lowest BCUT2D eigenvalue weighted by Gasteiger charge is -2.30. The molecule has 0 spiro atoms. The molecule has 2 aliphatic rings. The molecule has 0 aliphatic carbocycles. The highest BCUT2D eigenvalue weighted by atomic mass is 16.7. The second-order valence-electron chi connectivity index (χ2n) is 10.8. The zero-order valence-electron chi connectivity index (χ0n) is 24.0. The van der Waals surface area contributed by atoms with Gasteiger partial charge in [-0.15, -0.1) is 0 Å². The number of carbonyl (C=O) groups excluding carboxylic acids is 1. The van der Waals surface area contributed by atoms with Crippen LogP contribution in [0.5, 0.6) is 17.2 Å². The van der Waals surface area contributed by atoms with Gasteiger partial charge in [0.1, 0.15) is 6.26 Å². The van der Waals surface area contributed by atoms with Crippen LogP contribution in [0.25, 0.3) is 0 Å². The second-order valence-corrected chi connectivity index (χ2v) is 10.8. The molecule has 1 aromatic heterocycles. The van der Waals surface area contributed by atoms with Crippen LogP contribution in [0.1, 0.15) is 50.0 Å². The summed E-state index contributed by atoms with van der Waals surface area (Å²) < 4.78 is 22.2. The van der Waals surface area contributed by atoms with E-state index in [2.05, 4.69) is 16.8 Å². The van der Waals surface area contributed by atoms with Gasteiger partial charge in [-0.25, -0.2) is 4.98 Å². The summed E-state index contributed by atoms with van der Waals surface area (Å²) in [5.74, 6) is 0.128. The third-order valence-electron chi connectivity index (χ3n) is 7.79. The van der Waals surface area contributed by atoms with E-state index in [9.17, 15) is 14.7 Å². The number of benzene rings is 1. The minimum Gasteiger partial charge on any atom is -0.493 e. The Hall–Kier alpha value is -3.31. The van der Waals surface area contributed by atoms with Crippen LogP contribution < -0.4 is 14.2 Å². The van der Waals surface area contributed by atoms with Crippen LogP contribution in [0.2, 0.25) is 0 Å². The number of likely N-dealkylation sites (tertiary alicyclic amines) is 1. The van der Waals surface area contributed by atoms with Gasteiger partial charge in [0.2, 0.25) is 18.4 Å². The summed E-state index contributed by atoms with van der Waals surface area (Å²) in [6.45, 7) is 5.05. The number of amides is 1. The van der Waals surface area contributed by atoms with Gasteiger partial charge in [0.25, 0.3) is 0 Å². The van der Waals surface area contributed by atoms with Crippen molar-refractivity contribution in [2.75, 3.05) is 60.7 Å². The third kappa shape index (κ3) is 7.06. The predicted octanol–water partition coefficient (Wildman–Crippen LogP) is 3.09. The topological polar surface area (TPSA) is 118 Å². The molecule has 1 fully saturated rings. The molecule has 1 N–H and O–H groups in total. The van der Waals surface area contributed by atoms with E-state index in [-0.39, 0.29) is 31.2 Å². The molecule has 2 aromatic rings. The highest BCUT2D eigenvalue weighted by Gasteiger charge is 2.47. The number of nitrogens with zero attached hydrogens (tertiary/aromatic N) is 4. The fourth-order valence-corrected chi connectivity index (χ4v) is 5.76. The van der Waals surface area contributed by atoms with Crippen molar-refractivity contribution in [3.05, 3.63) is 36.0 Å². The van der Waals surface area contributed by atoms with Gasteiger partial charge in [0.15, 0.2) is 17.4 Å². The van der Waals surface area contributed by atoms with E-state index in [0.29, 0.717) is 55.6 Å². The van der Waals surface area contributed by atoms with Crippen LogP contribution in [0.3, 0.4) is 0 Å². The van der Waals surface area contributed by atoms with Gasteiger partial charge in [0, 0.05) is 38.0 Å². The van der Waals surface area contributed by atoms with Crippen molar-refractivity contribution in [3.63, 3.8) is 0 Å². The van der Waals surface area contributed by atoms with Gasteiger partial charge < -0.3 is 33.5 Å². The number of fused-ring (bicyclic) bond motifs is 1. The van der Waals surface area contributed by atoms with E-state index in [1.54, 1.807) is 13.3 Å². The summed E-state index contributed by atoms with van der Waals surface area (Å²) in [6, 6.07) is 3.29. The van der Waals surface area contributed by atoms with Crippen molar-refractivity contribution >= 4 is 11.9 Å². The van der Waals surface area contributed by atoms with Gasteiger partial charge in [-0.05, 0) is 57.6 Å². The van der Waals surface area contributed by atoms with E-state index in [1.165, 1.54) is 6.26 Å². The van der Waals surface area contributed by atoms with E-state index < -0.39 is 11.9 Å². The van der Waals surface area contributed by atoms with Crippen LogP contribution in [-0.2, 0) is 16.0 Å². The van der Waals surface area contributed by atoms with Crippen LogP contribution >= 0.6 is 0 Å². The van der Waals surface area contributed by atoms with Crippen LogP contribution in [0.4, 0.5) is 0 Å². The Morgan fingerprint density at radius 3 is 2.65 bits per heavy atom. The Balaban J connectivity index is 1.60. The maximum atomic E-state index is 13.7. The molecule has 220 valence electrons. The molecular formula is C29H42N4O7. The van der Waals surface area contributed by atoms with Gasteiger partial charge in [-0.2, -0.15) is 0 Å². The number of ether oxygens (including phenoxy) is 3. The molecule has 4 rings (SSSR count). The summed E-state index contributed by atoms with van der Waals surface area (Å²) >= 11 is 0. The molecule has 1 amide bonds. The van der Waals surface area contributed by atoms with E-state index in [1.807, 2.05) is 36.0 Å². The number of carboxylic acid groups (broad SMARTS) is 1. The summed E-state index contributed by atoms with van der Waals surface area (Å²) in [6.07, 6.45) is 6.88. The number of unbranched alkanes of at least 4 members (excludes halogenated alkanes) is 1. The number of methoxy groups -OCH3 is 1. The quantitative estimate of drug-likeness (QED) is 0.349. The molecule has 1 aromatic carbocycles. The molecule has 3 heterocycles. The monoisotopic (exact) mass is 558 g/mol. The Labute approximate surface area is 236 Å². The maximum absolute atomic E-state index is 13.7. The first-order valence-corrected chi connectivity index (χ1v) is 14.1. The molecule has 3 atom stereocenters.